The highest BCUT2D eigenvalue weighted by Crippen LogP contribution is 2.39. The van der Waals surface area contributed by atoms with Crippen LogP contribution in [0.1, 0.15) is 30.3 Å². The minimum absolute atomic E-state index is 0.531. The van der Waals surface area contributed by atoms with Crippen molar-refractivity contribution < 1.29 is 4.42 Å². The summed E-state index contributed by atoms with van der Waals surface area (Å²) in [7, 11) is 1.86. The Balaban J connectivity index is 1.88. The standard InChI is InChI=1S/C12H14N4OS/c1-7-6-17-12(14-7)18-10-5-9(13-2)15-11(16-10)8-3-4-8/h5-6,8H,3-4H2,1-2H3,(H,13,15,16). The number of rotatable bonds is 4. The number of hydrogen-bond acceptors (Lipinski definition) is 6. The molecule has 18 heavy (non-hydrogen) atoms. The molecule has 1 saturated carbocycles. The second-order valence-corrected chi connectivity index (χ2v) is 5.30. The van der Waals surface area contributed by atoms with E-state index in [1.165, 1.54) is 24.6 Å². The number of hydrogen-bond donors (Lipinski definition) is 1. The lowest BCUT2D eigenvalue weighted by Gasteiger charge is -2.05. The van der Waals surface area contributed by atoms with Crippen LogP contribution in [0, 0.1) is 6.92 Å². The van der Waals surface area contributed by atoms with E-state index in [9.17, 15) is 0 Å². The highest BCUT2D eigenvalue weighted by molar-refractivity contribution is 7.99. The van der Waals surface area contributed by atoms with E-state index in [4.69, 9.17) is 4.42 Å². The molecule has 0 radical (unpaired) electrons. The second kappa shape index (κ2) is 4.61. The summed E-state index contributed by atoms with van der Waals surface area (Å²) < 4.78 is 5.33. The minimum atomic E-state index is 0.531. The Morgan fingerprint density at radius 3 is 2.78 bits per heavy atom. The Labute approximate surface area is 109 Å². The quantitative estimate of drug-likeness (QED) is 0.855. The lowest BCUT2D eigenvalue weighted by Crippen LogP contribution is -2.00. The third kappa shape index (κ3) is 2.48. The van der Waals surface area contributed by atoms with Gasteiger partial charge in [0.15, 0.2) is 0 Å². The van der Waals surface area contributed by atoms with E-state index in [0.717, 1.165) is 22.4 Å². The zero-order valence-electron chi connectivity index (χ0n) is 10.3. The van der Waals surface area contributed by atoms with E-state index in [1.807, 2.05) is 20.0 Å². The minimum Gasteiger partial charge on any atom is -0.439 e. The van der Waals surface area contributed by atoms with E-state index in [-0.39, 0.29) is 0 Å². The van der Waals surface area contributed by atoms with Crippen LogP contribution < -0.4 is 5.32 Å². The van der Waals surface area contributed by atoms with Crippen LogP contribution in [0.2, 0.25) is 0 Å². The molecule has 2 aromatic rings. The number of oxazole rings is 1. The molecule has 0 spiro atoms. The molecule has 0 saturated heterocycles. The van der Waals surface area contributed by atoms with Crippen molar-refractivity contribution in [2.45, 2.75) is 35.9 Å². The van der Waals surface area contributed by atoms with E-state index in [1.54, 1.807) is 6.26 Å². The first-order valence-corrected chi connectivity index (χ1v) is 6.73. The van der Waals surface area contributed by atoms with E-state index in [0.29, 0.717) is 11.1 Å². The smallest absolute Gasteiger partial charge is 0.262 e. The van der Waals surface area contributed by atoms with Crippen LogP contribution in [0.25, 0.3) is 0 Å². The molecule has 1 aliphatic rings. The summed E-state index contributed by atoms with van der Waals surface area (Å²) >= 11 is 1.43. The Kier molecular flexibility index (Phi) is 2.95. The van der Waals surface area contributed by atoms with Crippen LogP contribution in [-0.4, -0.2) is 22.0 Å². The Bertz CT molecular complexity index is 565. The predicted octanol–water partition coefficient (Wildman–Crippen LogP) is 2.84. The van der Waals surface area contributed by atoms with Gasteiger partial charge in [-0.15, -0.1) is 0 Å². The fourth-order valence-electron chi connectivity index (χ4n) is 1.62. The molecular weight excluding hydrogens is 248 g/mol. The molecule has 0 unspecified atom stereocenters. The topological polar surface area (TPSA) is 63.8 Å². The maximum Gasteiger partial charge on any atom is 0.262 e. The maximum atomic E-state index is 5.33. The number of anilines is 1. The van der Waals surface area contributed by atoms with Crippen LogP contribution in [0.15, 0.2) is 27.0 Å². The van der Waals surface area contributed by atoms with Crippen molar-refractivity contribution in [2.75, 3.05) is 12.4 Å². The largest absolute Gasteiger partial charge is 0.439 e. The van der Waals surface area contributed by atoms with Gasteiger partial charge in [-0.2, -0.15) is 0 Å². The Morgan fingerprint density at radius 1 is 1.33 bits per heavy atom. The van der Waals surface area contributed by atoms with E-state index in [2.05, 4.69) is 20.3 Å². The summed E-state index contributed by atoms with van der Waals surface area (Å²) in [5, 5.41) is 4.56. The van der Waals surface area contributed by atoms with Crippen LogP contribution in [-0.2, 0) is 0 Å². The van der Waals surface area contributed by atoms with Gasteiger partial charge in [-0.3, -0.25) is 0 Å². The van der Waals surface area contributed by atoms with E-state index >= 15 is 0 Å². The predicted molar refractivity (Wildman–Crippen MR) is 68.9 cm³/mol. The van der Waals surface area contributed by atoms with Crippen LogP contribution >= 0.6 is 11.8 Å². The van der Waals surface area contributed by atoms with Crippen LogP contribution in [0.4, 0.5) is 5.82 Å². The Hall–Kier alpha value is -1.56. The van der Waals surface area contributed by atoms with Gasteiger partial charge in [-0.05, 0) is 31.5 Å². The summed E-state index contributed by atoms with van der Waals surface area (Å²) in [5.74, 6) is 2.30. The number of aryl methyl sites for hydroxylation is 1. The van der Waals surface area contributed by atoms with Gasteiger partial charge in [0.25, 0.3) is 5.22 Å². The summed E-state index contributed by atoms with van der Waals surface area (Å²) in [6.07, 6.45) is 4.02. The van der Waals surface area contributed by atoms with Crippen molar-refractivity contribution in [3.05, 3.63) is 23.8 Å². The summed E-state index contributed by atoms with van der Waals surface area (Å²) in [5.41, 5.74) is 0.878. The SMILES string of the molecule is CNc1cc(Sc2nc(C)co2)nc(C2CC2)n1. The zero-order valence-corrected chi connectivity index (χ0v) is 11.1. The summed E-state index contributed by atoms with van der Waals surface area (Å²) in [6.45, 7) is 1.90. The third-order valence-corrected chi connectivity index (χ3v) is 3.49. The number of nitrogens with zero attached hydrogens (tertiary/aromatic N) is 3. The molecule has 1 fully saturated rings. The molecule has 0 aromatic carbocycles. The molecule has 0 aliphatic heterocycles. The molecule has 0 amide bonds. The molecule has 94 valence electrons. The monoisotopic (exact) mass is 262 g/mol. The molecular formula is C12H14N4OS. The molecule has 3 rings (SSSR count). The van der Waals surface area contributed by atoms with Gasteiger partial charge < -0.3 is 9.73 Å². The van der Waals surface area contributed by atoms with Gasteiger partial charge in [0.1, 0.15) is 22.9 Å². The summed E-state index contributed by atoms with van der Waals surface area (Å²) in [6, 6.07) is 1.91. The summed E-state index contributed by atoms with van der Waals surface area (Å²) in [4.78, 5) is 13.3. The number of nitrogens with one attached hydrogen (secondary N) is 1. The Morgan fingerprint density at radius 2 is 2.17 bits per heavy atom. The van der Waals surface area contributed by atoms with Crippen molar-refractivity contribution in [1.82, 2.24) is 15.0 Å². The first-order chi connectivity index (χ1) is 8.74. The van der Waals surface area contributed by atoms with Gasteiger partial charge in [-0.25, -0.2) is 15.0 Å². The van der Waals surface area contributed by atoms with Gasteiger partial charge in [0.2, 0.25) is 0 Å². The van der Waals surface area contributed by atoms with Crippen LogP contribution in [0.5, 0.6) is 0 Å². The van der Waals surface area contributed by atoms with Crippen LogP contribution in [0.3, 0.4) is 0 Å². The zero-order chi connectivity index (χ0) is 12.5. The molecule has 1 aliphatic carbocycles. The molecule has 2 heterocycles. The molecule has 5 nitrogen and oxygen atoms in total. The highest BCUT2D eigenvalue weighted by Gasteiger charge is 2.27. The molecule has 2 aromatic heterocycles. The molecule has 1 N–H and O–H groups in total. The van der Waals surface area contributed by atoms with Crippen molar-refractivity contribution in [1.29, 1.82) is 0 Å². The normalized spacial score (nSPS) is 14.8. The first kappa shape index (κ1) is 11.5. The van der Waals surface area contributed by atoms with E-state index < -0.39 is 0 Å². The third-order valence-electron chi connectivity index (χ3n) is 2.71. The van der Waals surface area contributed by atoms with Gasteiger partial charge in [0, 0.05) is 19.0 Å². The lowest BCUT2D eigenvalue weighted by atomic mass is 10.4. The lowest BCUT2D eigenvalue weighted by molar-refractivity contribution is 0.453. The molecule has 6 heteroatoms. The van der Waals surface area contributed by atoms with Gasteiger partial charge in [-0.1, -0.05) is 0 Å². The molecule has 0 atom stereocenters. The average Bonchev–Trinajstić information content (AvgIpc) is 3.14. The highest BCUT2D eigenvalue weighted by atomic mass is 32.2. The fourth-order valence-corrected chi connectivity index (χ4v) is 2.39. The first-order valence-electron chi connectivity index (χ1n) is 5.91. The number of aromatic nitrogens is 3. The molecule has 0 bridgehead atoms. The van der Waals surface area contributed by atoms with Gasteiger partial charge in [0.05, 0.1) is 5.69 Å². The van der Waals surface area contributed by atoms with Crippen molar-refractivity contribution >= 4 is 17.6 Å². The van der Waals surface area contributed by atoms with Crippen molar-refractivity contribution in [3.8, 4) is 0 Å². The van der Waals surface area contributed by atoms with Gasteiger partial charge >= 0.3 is 0 Å². The fraction of sp³-hybridized carbons (Fsp3) is 0.417. The van der Waals surface area contributed by atoms with Crippen molar-refractivity contribution in [3.63, 3.8) is 0 Å². The van der Waals surface area contributed by atoms with Crippen molar-refractivity contribution in [2.24, 2.45) is 0 Å². The maximum absolute atomic E-state index is 5.33. The second-order valence-electron chi connectivity index (χ2n) is 4.33. The average molecular weight is 262 g/mol.